The van der Waals surface area contributed by atoms with Gasteiger partial charge in [0.05, 0.1) is 19.2 Å². The highest BCUT2D eigenvalue weighted by Gasteiger charge is 2.17. The Morgan fingerprint density at radius 1 is 0.528 bits per heavy atom. The van der Waals surface area contributed by atoms with Crippen molar-refractivity contribution in [2.45, 2.75) is 0 Å². The predicted molar refractivity (Wildman–Crippen MR) is 152 cm³/mol. The molecule has 0 fully saturated rings. The highest BCUT2D eigenvalue weighted by atomic mass is 32.1. The molecule has 0 unspecified atom stereocenters. The molecule has 6 aromatic heterocycles. The Morgan fingerprint density at radius 2 is 1.00 bits per heavy atom. The van der Waals surface area contributed by atoms with Crippen molar-refractivity contribution < 1.29 is 8.78 Å². The van der Waals surface area contributed by atoms with E-state index in [1.807, 2.05) is 12.1 Å². The van der Waals surface area contributed by atoms with Gasteiger partial charge in [0.15, 0.2) is 0 Å². The van der Waals surface area contributed by atoms with Crippen LogP contribution in [0.2, 0.25) is 0 Å². The van der Waals surface area contributed by atoms with Gasteiger partial charge in [0.1, 0.15) is 23.0 Å². The van der Waals surface area contributed by atoms with Crippen molar-refractivity contribution in [1.29, 1.82) is 0 Å². The van der Waals surface area contributed by atoms with Crippen molar-refractivity contribution in [2.75, 3.05) is 0 Å². The molecule has 0 aliphatic carbocycles. The normalized spacial score (nSPS) is 12.2. The van der Waals surface area contributed by atoms with Gasteiger partial charge in [0, 0.05) is 42.0 Å². The van der Waals surface area contributed by atoms with Gasteiger partial charge in [-0.15, -0.1) is 45.3 Å². The van der Waals surface area contributed by atoms with E-state index >= 15 is 0 Å². The van der Waals surface area contributed by atoms with Crippen LogP contribution in [0.25, 0.3) is 70.9 Å². The molecule has 172 valence electrons. The summed E-state index contributed by atoms with van der Waals surface area (Å²) in [5.74, 6) is -0.599. The van der Waals surface area contributed by atoms with E-state index in [0.29, 0.717) is 11.4 Å². The average molecular weight is 543 g/mol. The summed E-state index contributed by atoms with van der Waals surface area (Å²) >= 11 is 6.73. The Morgan fingerprint density at radius 3 is 1.44 bits per heavy atom. The number of rotatable bonds is 2. The van der Waals surface area contributed by atoms with E-state index < -0.39 is 0 Å². The van der Waals surface area contributed by atoms with Crippen LogP contribution in [0, 0.1) is 11.6 Å². The second kappa shape index (κ2) is 7.60. The monoisotopic (exact) mass is 542 g/mol. The molecule has 0 spiro atoms. The summed E-state index contributed by atoms with van der Waals surface area (Å²) in [5.41, 5.74) is 0.804. The Kier molecular flexibility index (Phi) is 4.40. The molecule has 2 aromatic carbocycles. The Balaban J connectivity index is 1.31. The average Bonchev–Trinajstić information content (AvgIpc) is 3.63. The molecule has 0 saturated carbocycles. The van der Waals surface area contributed by atoms with Crippen LogP contribution >= 0.6 is 45.3 Å². The first-order valence-electron chi connectivity index (χ1n) is 11.1. The van der Waals surface area contributed by atoms with E-state index in [0.717, 1.165) is 29.9 Å². The van der Waals surface area contributed by atoms with Crippen molar-refractivity contribution in [2.24, 2.45) is 0 Å². The third-order valence-corrected chi connectivity index (χ3v) is 11.1. The first kappa shape index (κ1) is 20.8. The zero-order chi connectivity index (χ0) is 24.0. The van der Waals surface area contributed by atoms with Gasteiger partial charge in [-0.3, -0.25) is 9.97 Å². The first-order chi connectivity index (χ1) is 17.6. The minimum absolute atomic E-state index is 0.299. The number of hydrogen-bond donors (Lipinski definition) is 0. The molecule has 0 N–H and O–H groups in total. The van der Waals surface area contributed by atoms with E-state index in [4.69, 9.17) is 0 Å². The number of halogens is 2. The van der Waals surface area contributed by atoms with E-state index in [-0.39, 0.29) is 11.6 Å². The molecule has 0 amide bonds. The summed E-state index contributed by atoms with van der Waals surface area (Å²) in [4.78, 5) is 10.2. The number of hydrogen-bond acceptors (Lipinski definition) is 6. The number of thiophene rings is 4. The topological polar surface area (TPSA) is 25.8 Å². The lowest BCUT2D eigenvalue weighted by atomic mass is 10.1. The zero-order valence-electron chi connectivity index (χ0n) is 18.2. The maximum absolute atomic E-state index is 14.3. The molecule has 36 heavy (non-hydrogen) atoms. The maximum Gasteiger partial charge on any atom is 0.150 e. The molecular weight excluding hydrogens is 531 g/mol. The van der Waals surface area contributed by atoms with Crippen LogP contribution in [0.5, 0.6) is 0 Å². The fourth-order valence-corrected chi connectivity index (χ4v) is 9.69. The van der Waals surface area contributed by atoms with Gasteiger partial charge in [0.25, 0.3) is 0 Å². The summed E-state index contributed by atoms with van der Waals surface area (Å²) in [6, 6.07) is 19.1. The van der Waals surface area contributed by atoms with E-state index in [1.165, 1.54) is 41.7 Å². The summed E-state index contributed by atoms with van der Waals surface area (Å²) in [6.07, 6.45) is 3.26. The highest BCUT2D eigenvalue weighted by Crippen LogP contribution is 2.48. The van der Waals surface area contributed by atoms with Crippen LogP contribution in [-0.4, -0.2) is 9.97 Å². The number of nitrogens with zero attached hydrogens (tertiary/aromatic N) is 2. The van der Waals surface area contributed by atoms with Gasteiger partial charge >= 0.3 is 0 Å². The highest BCUT2D eigenvalue weighted by molar-refractivity contribution is 7.37. The van der Waals surface area contributed by atoms with Crippen molar-refractivity contribution >= 4 is 95.1 Å². The molecule has 8 rings (SSSR count). The SMILES string of the molecule is Fc1cccnc1-c1cc2cc3c(cc2s1)sc1c2cc4cc(-c5ncccc5F)sc4cc2sc31. The van der Waals surface area contributed by atoms with E-state index in [2.05, 4.69) is 34.2 Å². The number of fused-ring (bicyclic) bond motifs is 7. The minimum Gasteiger partial charge on any atom is -0.252 e. The molecule has 0 aliphatic rings. The van der Waals surface area contributed by atoms with Crippen LogP contribution in [-0.2, 0) is 0 Å². The van der Waals surface area contributed by atoms with Gasteiger partial charge in [-0.25, -0.2) is 8.78 Å². The smallest absolute Gasteiger partial charge is 0.150 e. The molecule has 0 atom stereocenters. The lowest BCUT2D eigenvalue weighted by Gasteiger charge is -1.96. The summed E-state index contributed by atoms with van der Waals surface area (Å²) < 4.78 is 35.9. The van der Waals surface area contributed by atoms with Crippen LogP contribution in [0.4, 0.5) is 8.78 Å². The molecule has 0 aliphatic heterocycles. The summed E-state index contributed by atoms with van der Waals surface area (Å²) in [5, 5.41) is 4.67. The molecule has 0 radical (unpaired) electrons. The lowest BCUT2D eigenvalue weighted by molar-refractivity contribution is 0.626. The van der Waals surface area contributed by atoms with E-state index in [9.17, 15) is 8.78 Å². The van der Waals surface area contributed by atoms with Gasteiger partial charge in [-0.1, -0.05) is 0 Å². The van der Waals surface area contributed by atoms with Crippen LogP contribution in [0.15, 0.2) is 73.1 Å². The second-order valence-electron chi connectivity index (χ2n) is 8.52. The molecule has 2 nitrogen and oxygen atoms in total. The fourth-order valence-electron chi connectivity index (χ4n) is 4.69. The van der Waals surface area contributed by atoms with Gasteiger partial charge in [-0.05, 0) is 71.4 Å². The molecule has 8 aromatic rings. The standard InChI is InChI=1S/C28H12F2N2S4/c29-17-3-1-5-31-25(17)23-9-13-7-15-21(11-19(13)33-23)35-28-16-8-14-10-24(26-18(30)4-2-6-32-26)34-20(14)12-22(16)36-27(15)28/h1-12H. The summed E-state index contributed by atoms with van der Waals surface area (Å²) in [6.45, 7) is 0. The Labute approximate surface area is 218 Å². The molecule has 8 heteroatoms. The maximum atomic E-state index is 14.3. The van der Waals surface area contributed by atoms with Gasteiger partial charge in [-0.2, -0.15) is 0 Å². The lowest BCUT2D eigenvalue weighted by Crippen LogP contribution is -1.84. The van der Waals surface area contributed by atoms with E-state index in [1.54, 1.807) is 69.9 Å². The molecule has 0 saturated heterocycles. The Bertz CT molecular complexity index is 1990. The third kappa shape index (κ3) is 3.02. The summed E-state index contributed by atoms with van der Waals surface area (Å²) in [7, 11) is 0. The van der Waals surface area contributed by atoms with Crippen LogP contribution < -0.4 is 0 Å². The number of benzene rings is 2. The largest absolute Gasteiger partial charge is 0.252 e. The third-order valence-electron chi connectivity index (χ3n) is 6.34. The first-order valence-corrected chi connectivity index (χ1v) is 14.4. The van der Waals surface area contributed by atoms with Crippen LogP contribution in [0.1, 0.15) is 0 Å². The number of pyridine rings is 2. The van der Waals surface area contributed by atoms with Gasteiger partial charge in [0.2, 0.25) is 0 Å². The van der Waals surface area contributed by atoms with Gasteiger partial charge < -0.3 is 0 Å². The van der Waals surface area contributed by atoms with Crippen molar-refractivity contribution in [1.82, 2.24) is 9.97 Å². The van der Waals surface area contributed by atoms with Crippen LogP contribution in [0.3, 0.4) is 0 Å². The molecular formula is C28H12F2N2S4. The molecule has 6 heterocycles. The predicted octanol–water partition coefficient (Wildman–Crippen LogP) is 10.1. The fraction of sp³-hybridized carbons (Fsp3) is 0. The van der Waals surface area contributed by atoms with Crippen molar-refractivity contribution in [3.05, 3.63) is 84.7 Å². The molecule has 0 bridgehead atoms. The zero-order valence-corrected chi connectivity index (χ0v) is 21.5. The second-order valence-corrected chi connectivity index (χ2v) is 12.8. The van der Waals surface area contributed by atoms with Crippen molar-refractivity contribution in [3.63, 3.8) is 0 Å². The number of aromatic nitrogens is 2. The van der Waals surface area contributed by atoms with Crippen molar-refractivity contribution in [3.8, 4) is 21.1 Å². The minimum atomic E-state index is -0.299. The quantitative estimate of drug-likeness (QED) is 0.217. The Hall–Kier alpha value is -3.30.